The number of urea groups is 1. The Labute approximate surface area is 196 Å². The Morgan fingerprint density at radius 3 is 2.52 bits per heavy atom. The molecule has 3 amide bonds. The lowest BCUT2D eigenvalue weighted by Gasteiger charge is -2.34. The number of carbonyl (C=O) groups is 2. The van der Waals surface area contributed by atoms with E-state index in [9.17, 15) is 9.59 Å². The summed E-state index contributed by atoms with van der Waals surface area (Å²) in [7, 11) is 0. The van der Waals surface area contributed by atoms with Gasteiger partial charge in [-0.3, -0.25) is 15.1 Å². The molecule has 33 heavy (non-hydrogen) atoms. The molecule has 0 aliphatic carbocycles. The normalized spacial score (nSPS) is 13.5. The third-order valence-corrected chi connectivity index (χ3v) is 5.39. The molecule has 1 aliphatic rings. The molecule has 3 aromatic rings. The predicted octanol–water partition coefficient (Wildman–Crippen LogP) is 3.14. The first-order chi connectivity index (χ1) is 16.1. The third-order valence-electron chi connectivity index (χ3n) is 5.16. The monoisotopic (exact) mass is 466 g/mol. The van der Waals surface area contributed by atoms with Crippen molar-refractivity contribution >= 4 is 29.4 Å². The predicted molar refractivity (Wildman–Crippen MR) is 123 cm³/mol. The molecule has 3 heterocycles. The maximum Gasteiger partial charge on any atom is 0.323 e. The molecule has 2 aromatic heterocycles. The number of piperazine rings is 1. The van der Waals surface area contributed by atoms with E-state index >= 15 is 0 Å². The Kier molecular flexibility index (Phi) is 7.31. The zero-order chi connectivity index (χ0) is 23.0. The standard InChI is InChI=1S/C23H23ClN6O3/c24-18-3-1-2-17(14-18)6-13-33-19-4-5-20(27-15-19)22(31)29-9-11-30(12-10-29)23(32)28-21-16-25-7-8-26-21/h1-5,7-8,14-16H,6,9-13H2,(H,26,28,32). The Morgan fingerprint density at radius 2 is 1.82 bits per heavy atom. The van der Waals surface area contributed by atoms with E-state index in [2.05, 4.69) is 20.3 Å². The van der Waals surface area contributed by atoms with Gasteiger partial charge in [0.15, 0.2) is 5.82 Å². The summed E-state index contributed by atoms with van der Waals surface area (Å²) >= 11 is 5.99. The van der Waals surface area contributed by atoms with Gasteiger partial charge < -0.3 is 14.5 Å². The smallest absolute Gasteiger partial charge is 0.323 e. The number of rotatable bonds is 6. The van der Waals surface area contributed by atoms with Crippen LogP contribution in [-0.4, -0.2) is 69.5 Å². The first-order valence-corrected chi connectivity index (χ1v) is 10.9. The summed E-state index contributed by atoms with van der Waals surface area (Å²) in [6.45, 7) is 2.16. The fourth-order valence-electron chi connectivity index (χ4n) is 3.40. The number of nitrogens with zero attached hydrogens (tertiary/aromatic N) is 5. The maximum absolute atomic E-state index is 12.8. The summed E-state index contributed by atoms with van der Waals surface area (Å²) in [5.41, 5.74) is 1.43. The van der Waals surface area contributed by atoms with Gasteiger partial charge in [0.25, 0.3) is 5.91 Å². The minimum Gasteiger partial charge on any atom is -0.492 e. The van der Waals surface area contributed by atoms with E-state index in [1.165, 1.54) is 18.6 Å². The molecule has 0 bridgehead atoms. The molecule has 1 aromatic carbocycles. The highest BCUT2D eigenvalue weighted by molar-refractivity contribution is 6.30. The third kappa shape index (κ3) is 6.17. The molecule has 4 rings (SSSR count). The second-order valence-corrected chi connectivity index (χ2v) is 7.84. The molecular weight excluding hydrogens is 444 g/mol. The van der Waals surface area contributed by atoms with Gasteiger partial charge in [0, 0.05) is 50.0 Å². The minimum absolute atomic E-state index is 0.172. The van der Waals surface area contributed by atoms with Gasteiger partial charge in [-0.05, 0) is 29.8 Å². The van der Waals surface area contributed by atoms with Crippen LogP contribution in [0.2, 0.25) is 5.02 Å². The van der Waals surface area contributed by atoms with E-state index in [0.717, 1.165) is 12.0 Å². The van der Waals surface area contributed by atoms with E-state index < -0.39 is 0 Å². The molecule has 1 aliphatic heterocycles. The molecule has 1 saturated heterocycles. The van der Waals surface area contributed by atoms with Crippen LogP contribution in [0.4, 0.5) is 10.6 Å². The van der Waals surface area contributed by atoms with Gasteiger partial charge in [0.2, 0.25) is 0 Å². The van der Waals surface area contributed by atoms with Crippen molar-refractivity contribution in [2.75, 3.05) is 38.1 Å². The first-order valence-electron chi connectivity index (χ1n) is 10.5. The number of nitrogens with one attached hydrogen (secondary N) is 1. The second-order valence-electron chi connectivity index (χ2n) is 7.41. The summed E-state index contributed by atoms with van der Waals surface area (Å²) in [5, 5.41) is 3.40. The van der Waals surface area contributed by atoms with E-state index in [-0.39, 0.29) is 11.9 Å². The highest BCUT2D eigenvalue weighted by atomic mass is 35.5. The van der Waals surface area contributed by atoms with E-state index in [1.807, 2.05) is 24.3 Å². The average Bonchev–Trinajstić information content (AvgIpc) is 2.85. The molecular formula is C23H23ClN6O3. The number of pyridine rings is 1. The van der Waals surface area contributed by atoms with Crippen LogP contribution in [0, 0.1) is 0 Å². The van der Waals surface area contributed by atoms with E-state index in [1.54, 1.807) is 28.1 Å². The number of anilines is 1. The van der Waals surface area contributed by atoms with Gasteiger partial charge in [-0.25, -0.2) is 14.8 Å². The lowest BCUT2D eigenvalue weighted by molar-refractivity contribution is 0.0665. The fourth-order valence-corrected chi connectivity index (χ4v) is 3.61. The van der Waals surface area contributed by atoms with Crippen LogP contribution < -0.4 is 10.1 Å². The van der Waals surface area contributed by atoms with Crippen LogP contribution in [0.5, 0.6) is 5.75 Å². The van der Waals surface area contributed by atoms with Crippen molar-refractivity contribution in [3.63, 3.8) is 0 Å². The van der Waals surface area contributed by atoms with Crippen molar-refractivity contribution in [1.29, 1.82) is 0 Å². The number of ether oxygens (including phenoxy) is 1. The number of benzene rings is 1. The molecule has 0 radical (unpaired) electrons. The molecule has 0 atom stereocenters. The van der Waals surface area contributed by atoms with Crippen LogP contribution >= 0.6 is 11.6 Å². The highest BCUT2D eigenvalue weighted by Gasteiger charge is 2.25. The lowest BCUT2D eigenvalue weighted by atomic mass is 10.2. The molecule has 0 saturated carbocycles. The summed E-state index contributed by atoms with van der Waals surface area (Å²) in [5.74, 6) is 0.814. The van der Waals surface area contributed by atoms with E-state index in [0.29, 0.717) is 55.1 Å². The van der Waals surface area contributed by atoms with Gasteiger partial charge in [-0.1, -0.05) is 23.7 Å². The van der Waals surface area contributed by atoms with Crippen LogP contribution in [-0.2, 0) is 6.42 Å². The molecule has 0 spiro atoms. The summed E-state index contributed by atoms with van der Waals surface area (Å²) < 4.78 is 5.73. The van der Waals surface area contributed by atoms with Crippen LogP contribution in [0.3, 0.4) is 0 Å². The summed E-state index contributed by atoms with van der Waals surface area (Å²) in [4.78, 5) is 40.7. The van der Waals surface area contributed by atoms with Gasteiger partial charge in [0.1, 0.15) is 11.4 Å². The van der Waals surface area contributed by atoms with Crippen molar-refractivity contribution in [2.24, 2.45) is 0 Å². The van der Waals surface area contributed by atoms with Gasteiger partial charge in [-0.15, -0.1) is 0 Å². The van der Waals surface area contributed by atoms with Crippen molar-refractivity contribution in [2.45, 2.75) is 6.42 Å². The summed E-state index contributed by atoms with van der Waals surface area (Å²) in [6, 6.07) is 10.8. The number of halogens is 1. The Morgan fingerprint density at radius 1 is 1.00 bits per heavy atom. The molecule has 1 N–H and O–H groups in total. The zero-order valence-electron chi connectivity index (χ0n) is 17.9. The van der Waals surface area contributed by atoms with Gasteiger partial charge in [-0.2, -0.15) is 0 Å². The minimum atomic E-state index is -0.264. The van der Waals surface area contributed by atoms with Crippen LogP contribution in [0.25, 0.3) is 0 Å². The topological polar surface area (TPSA) is 101 Å². The number of amides is 3. The molecule has 9 nitrogen and oxygen atoms in total. The van der Waals surface area contributed by atoms with E-state index in [4.69, 9.17) is 16.3 Å². The molecule has 0 unspecified atom stereocenters. The molecule has 10 heteroatoms. The Bertz CT molecular complexity index is 1090. The quantitative estimate of drug-likeness (QED) is 0.599. The van der Waals surface area contributed by atoms with Crippen molar-refractivity contribution in [3.8, 4) is 5.75 Å². The number of hydrogen-bond acceptors (Lipinski definition) is 6. The van der Waals surface area contributed by atoms with Gasteiger partial charge in [0.05, 0.1) is 19.0 Å². The highest BCUT2D eigenvalue weighted by Crippen LogP contribution is 2.15. The fraction of sp³-hybridized carbons (Fsp3) is 0.261. The van der Waals surface area contributed by atoms with Crippen molar-refractivity contribution in [3.05, 3.63) is 77.5 Å². The number of carbonyl (C=O) groups excluding carboxylic acids is 2. The second kappa shape index (κ2) is 10.7. The maximum atomic E-state index is 12.8. The largest absolute Gasteiger partial charge is 0.492 e. The average molecular weight is 467 g/mol. The van der Waals surface area contributed by atoms with Crippen molar-refractivity contribution in [1.82, 2.24) is 24.8 Å². The molecule has 170 valence electrons. The zero-order valence-corrected chi connectivity index (χ0v) is 18.6. The SMILES string of the molecule is O=C(Nc1cnccn1)N1CCN(C(=O)c2ccc(OCCc3cccc(Cl)c3)cn2)CC1. The van der Waals surface area contributed by atoms with Gasteiger partial charge >= 0.3 is 6.03 Å². The lowest BCUT2D eigenvalue weighted by Crippen LogP contribution is -2.51. The Balaban J connectivity index is 1.23. The number of hydrogen-bond donors (Lipinski definition) is 1. The van der Waals surface area contributed by atoms with Crippen LogP contribution in [0.15, 0.2) is 61.2 Å². The van der Waals surface area contributed by atoms with Crippen molar-refractivity contribution < 1.29 is 14.3 Å². The first kappa shape index (κ1) is 22.5. The van der Waals surface area contributed by atoms with Crippen LogP contribution in [0.1, 0.15) is 16.1 Å². The Hall–Kier alpha value is -3.72. The number of aromatic nitrogens is 3. The molecule has 1 fully saturated rings. The summed E-state index contributed by atoms with van der Waals surface area (Å²) in [6.07, 6.45) is 6.79.